The molecule has 2 fully saturated rings. The second kappa shape index (κ2) is 8.71. The molecule has 8 nitrogen and oxygen atoms in total. The number of anilines is 1. The Balaban J connectivity index is 1.41. The van der Waals surface area contributed by atoms with E-state index in [1.807, 2.05) is 39.2 Å². The van der Waals surface area contributed by atoms with Crippen LogP contribution in [0.2, 0.25) is 0 Å². The van der Waals surface area contributed by atoms with Gasteiger partial charge in [0.1, 0.15) is 11.7 Å². The minimum absolute atomic E-state index is 0.0160. The molecule has 2 aromatic heterocycles. The minimum Gasteiger partial charge on any atom is -0.391 e. The molecule has 4 rings (SSSR count). The van der Waals surface area contributed by atoms with Crippen LogP contribution < -0.4 is 4.90 Å². The summed E-state index contributed by atoms with van der Waals surface area (Å²) in [4.78, 5) is 25.7. The first-order chi connectivity index (χ1) is 14.4. The van der Waals surface area contributed by atoms with Crippen LogP contribution in [-0.4, -0.2) is 63.3 Å². The molecule has 30 heavy (non-hydrogen) atoms. The van der Waals surface area contributed by atoms with Crippen molar-refractivity contribution in [2.75, 3.05) is 31.1 Å². The summed E-state index contributed by atoms with van der Waals surface area (Å²) >= 11 is 0. The van der Waals surface area contributed by atoms with Crippen molar-refractivity contribution in [3.63, 3.8) is 0 Å². The molecule has 162 valence electrons. The number of rotatable bonds is 5. The molecule has 2 atom stereocenters. The van der Waals surface area contributed by atoms with E-state index in [2.05, 4.69) is 20.0 Å². The Labute approximate surface area is 177 Å². The normalized spacial score (nSPS) is 21.4. The molecule has 0 radical (unpaired) electrons. The van der Waals surface area contributed by atoms with Crippen molar-refractivity contribution in [1.29, 1.82) is 0 Å². The number of amides is 1. The molecule has 2 unspecified atom stereocenters. The SMILES string of the molecule is Cc1ncc(C2CCN(c3cc(C(C(=O)N4CCC(O)C4)C(C)C)on3)CC2)cn1. The number of aromatic nitrogens is 3. The average molecular weight is 414 g/mol. The van der Waals surface area contributed by atoms with Crippen molar-refractivity contribution in [2.45, 2.75) is 58.0 Å². The lowest BCUT2D eigenvalue weighted by atomic mass is 9.90. The molecule has 0 saturated carbocycles. The van der Waals surface area contributed by atoms with Gasteiger partial charge in [-0.15, -0.1) is 0 Å². The van der Waals surface area contributed by atoms with Gasteiger partial charge in [-0.3, -0.25) is 4.79 Å². The van der Waals surface area contributed by atoms with E-state index in [9.17, 15) is 9.90 Å². The highest BCUT2D eigenvalue weighted by molar-refractivity contribution is 5.83. The number of piperidine rings is 1. The highest BCUT2D eigenvalue weighted by Crippen LogP contribution is 2.33. The van der Waals surface area contributed by atoms with Gasteiger partial charge in [0, 0.05) is 44.6 Å². The van der Waals surface area contributed by atoms with Crippen molar-refractivity contribution < 1.29 is 14.4 Å². The van der Waals surface area contributed by atoms with Crippen LogP contribution >= 0.6 is 0 Å². The summed E-state index contributed by atoms with van der Waals surface area (Å²) < 4.78 is 5.65. The van der Waals surface area contributed by atoms with Crippen molar-refractivity contribution >= 4 is 11.7 Å². The second-order valence-electron chi connectivity index (χ2n) is 8.86. The fourth-order valence-corrected chi connectivity index (χ4v) is 4.50. The molecule has 0 aromatic carbocycles. The third kappa shape index (κ3) is 4.33. The van der Waals surface area contributed by atoms with Crippen LogP contribution in [0.1, 0.15) is 62.1 Å². The first-order valence-corrected chi connectivity index (χ1v) is 10.9. The van der Waals surface area contributed by atoms with E-state index in [4.69, 9.17) is 4.52 Å². The van der Waals surface area contributed by atoms with Crippen molar-refractivity contribution in [3.05, 3.63) is 35.6 Å². The topological polar surface area (TPSA) is 95.6 Å². The number of aliphatic hydroxyl groups excluding tert-OH is 1. The van der Waals surface area contributed by atoms with Crippen LogP contribution in [0.25, 0.3) is 0 Å². The van der Waals surface area contributed by atoms with Gasteiger partial charge in [0.05, 0.1) is 6.10 Å². The predicted octanol–water partition coefficient (Wildman–Crippen LogP) is 2.49. The third-order valence-electron chi connectivity index (χ3n) is 6.32. The third-order valence-corrected chi connectivity index (χ3v) is 6.32. The van der Waals surface area contributed by atoms with Gasteiger partial charge in [-0.25, -0.2) is 9.97 Å². The first-order valence-electron chi connectivity index (χ1n) is 10.9. The Bertz CT molecular complexity index is 858. The van der Waals surface area contributed by atoms with Gasteiger partial charge < -0.3 is 19.4 Å². The Hall–Kier alpha value is -2.48. The Morgan fingerprint density at radius 3 is 2.47 bits per heavy atom. The van der Waals surface area contributed by atoms with E-state index in [1.54, 1.807) is 4.90 Å². The second-order valence-corrected chi connectivity index (χ2v) is 8.86. The van der Waals surface area contributed by atoms with Crippen LogP contribution in [0.5, 0.6) is 0 Å². The number of likely N-dealkylation sites (tertiary alicyclic amines) is 1. The number of hydrogen-bond donors (Lipinski definition) is 1. The van der Waals surface area contributed by atoms with Crippen molar-refractivity contribution in [1.82, 2.24) is 20.0 Å². The minimum atomic E-state index is -0.424. The van der Waals surface area contributed by atoms with Crippen LogP contribution in [0.4, 0.5) is 5.82 Å². The molecule has 0 spiro atoms. The first kappa shape index (κ1) is 20.8. The van der Waals surface area contributed by atoms with E-state index < -0.39 is 6.10 Å². The maximum atomic E-state index is 13.0. The van der Waals surface area contributed by atoms with Crippen molar-refractivity contribution in [3.8, 4) is 0 Å². The molecule has 1 N–H and O–H groups in total. The van der Waals surface area contributed by atoms with E-state index in [1.165, 1.54) is 5.56 Å². The molecular weight excluding hydrogens is 382 g/mol. The van der Waals surface area contributed by atoms with Crippen LogP contribution in [0.3, 0.4) is 0 Å². The zero-order valence-corrected chi connectivity index (χ0v) is 18.0. The lowest BCUT2D eigenvalue weighted by molar-refractivity contribution is -0.133. The molecule has 2 aromatic rings. The van der Waals surface area contributed by atoms with E-state index in [-0.39, 0.29) is 17.7 Å². The Kier molecular flexibility index (Phi) is 6.04. The summed E-state index contributed by atoms with van der Waals surface area (Å²) in [6, 6.07) is 1.92. The van der Waals surface area contributed by atoms with Crippen molar-refractivity contribution in [2.24, 2.45) is 5.92 Å². The monoisotopic (exact) mass is 413 g/mol. The van der Waals surface area contributed by atoms with E-state index in [0.717, 1.165) is 37.6 Å². The van der Waals surface area contributed by atoms with Gasteiger partial charge >= 0.3 is 0 Å². The van der Waals surface area contributed by atoms with Crippen LogP contribution in [-0.2, 0) is 4.79 Å². The quantitative estimate of drug-likeness (QED) is 0.804. The standard InChI is InChI=1S/C22H31N5O3/c1-14(2)21(22(29)27-9-6-18(28)13-27)19-10-20(25-30-19)26-7-4-16(5-8-26)17-11-23-15(3)24-12-17/h10-12,14,16,18,21,28H,4-9,13H2,1-3H3. The maximum absolute atomic E-state index is 13.0. The summed E-state index contributed by atoms with van der Waals surface area (Å²) in [6.45, 7) is 8.69. The summed E-state index contributed by atoms with van der Waals surface area (Å²) in [5, 5.41) is 14.1. The largest absolute Gasteiger partial charge is 0.391 e. The number of β-amino-alcohol motifs (C(OH)–C–C–N with tert-alkyl or cyclic N) is 1. The Morgan fingerprint density at radius 1 is 1.17 bits per heavy atom. The molecule has 1 amide bonds. The number of nitrogens with zero attached hydrogens (tertiary/aromatic N) is 5. The summed E-state index contributed by atoms with van der Waals surface area (Å²) in [5.41, 5.74) is 1.19. The maximum Gasteiger partial charge on any atom is 0.233 e. The summed E-state index contributed by atoms with van der Waals surface area (Å²) in [6.07, 6.45) is 6.10. The van der Waals surface area contributed by atoms with Gasteiger partial charge in [-0.05, 0) is 43.6 Å². The molecule has 2 aliphatic rings. The summed E-state index contributed by atoms with van der Waals surface area (Å²) in [7, 11) is 0. The van der Waals surface area contributed by atoms with E-state index in [0.29, 0.717) is 31.2 Å². The molecule has 0 aliphatic carbocycles. The summed E-state index contributed by atoms with van der Waals surface area (Å²) in [5.74, 6) is 2.39. The Morgan fingerprint density at radius 2 is 1.87 bits per heavy atom. The molecule has 0 bridgehead atoms. The number of carbonyl (C=O) groups is 1. The number of hydrogen-bond acceptors (Lipinski definition) is 7. The van der Waals surface area contributed by atoms with Gasteiger partial charge in [0.2, 0.25) is 5.91 Å². The lowest BCUT2D eigenvalue weighted by Gasteiger charge is -2.31. The molecule has 2 saturated heterocycles. The average Bonchev–Trinajstić information content (AvgIpc) is 3.38. The van der Waals surface area contributed by atoms with Gasteiger partial charge in [-0.1, -0.05) is 19.0 Å². The molecule has 4 heterocycles. The zero-order valence-electron chi connectivity index (χ0n) is 18.0. The van der Waals surface area contributed by atoms with Gasteiger partial charge in [-0.2, -0.15) is 0 Å². The molecule has 8 heteroatoms. The van der Waals surface area contributed by atoms with Gasteiger partial charge in [0.15, 0.2) is 11.6 Å². The highest BCUT2D eigenvalue weighted by atomic mass is 16.5. The van der Waals surface area contributed by atoms with E-state index >= 15 is 0 Å². The predicted molar refractivity (Wildman–Crippen MR) is 112 cm³/mol. The fraction of sp³-hybridized carbons (Fsp3) is 0.636. The number of carbonyl (C=O) groups excluding carboxylic acids is 1. The van der Waals surface area contributed by atoms with Gasteiger partial charge in [0.25, 0.3) is 0 Å². The zero-order chi connectivity index (χ0) is 21.3. The smallest absolute Gasteiger partial charge is 0.233 e. The number of aryl methyl sites for hydroxylation is 1. The highest BCUT2D eigenvalue weighted by Gasteiger charge is 2.35. The van der Waals surface area contributed by atoms with Crippen LogP contribution in [0, 0.1) is 12.8 Å². The molecular formula is C22H31N5O3. The fourth-order valence-electron chi connectivity index (χ4n) is 4.50. The number of aliphatic hydroxyl groups is 1. The van der Waals surface area contributed by atoms with Crippen LogP contribution in [0.15, 0.2) is 23.0 Å². The lowest BCUT2D eigenvalue weighted by Crippen LogP contribution is -2.36. The molecule has 2 aliphatic heterocycles.